The van der Waals surface area contributed by atoms with Crippen LogP contribution in [0.15, 0.2) is 12.1 Å². The Bertz CT molecular complexity index is 506. The van der Waals surface area contributed by atoms with E-state index in [1.165, 1.54) is 13.8 Å². The summed E-state index contributed by atoms with van der Waals surface area (Å²) in [5.41, 5.74) is -0.175. The quantitative estimate of drug-likeness (QED) is 0.786. The van der Waals surface area contributed by atoms with Crippen molar-refractivity contribution < 1.29 is 23.5 Å². The molecule has 0 saturated heterocycles. The summed E-state index contributed by atoms with van der Waals surface area (Å²) in [5.74, 6) is -2.48. The molecule has 1 atom stereocenters. The number of hydrogen-bond acceptors (Lipinski definition) is 2. The number of amides is 2. The van der Waals surface area contributed by atoms with Gasteiger partial charge in [-0.3, -0.25) is 4.79 Å². The van der Waals surface area contributed by atoms with Gasteiger partial charge in [0.25, 0.3) is 0 Å². The average Bonchev–Trinajstić information content (AvgIpc) is 2.24. The molecular formula is C12H14F2N2O3. The van der Waals surface area contributed by atoms with Crippen LogP contribution in [0.25, 0.3) is 0 Å². The van der Waals surface area contributed by atoms with Crippen LogP contribution in [-0.4, -0.2) is 23.1 Å². The maximum Gasteiger partial charge on any atom is 0.319 e. The maximum absolute atomic E-state index is 13.4. The number of benzene rings is 1. The molecule has 0 aliphatic heterocycles. The highest BCUT2D eigenvalue weighted by molar-refractivity contribution is 5.89. The SMILES string of the molecule is Cc1cc(F)c(NC(=O)NC(C)CC(=O)O)cc1F. The summed E-state index contributed by atoms with van der Waals surface area (Å²) in [7, 11) is 0. The first kappa shape index (κ1) is 14.9. The number of aliphatic carboxylic acids is 1. The van der Waals surface area contributed by atoms with Gasteiger partial charge in [0.1, 0.15) is 11.6 Å². The lowest BCUT2D eigenvalue weighted by atomic mass is 10.2. The zero-order valence-electron chi connectivity index (χ0n) is 10.5. The van der Waals surface area contributed by atoms with E-state index in [0.717, 1.165) is 12.1 Å². The Balaban J connectivity index is 2.67. The minimum atomic E-state index is -1.07. The molecule has 7 heteroatoms. The number of nitrogens with one attached hydrogen (secondary N) is 2. The summed E-state index contributed by atoms with van der Waals surface area (Å²) < 4.78 is 26.7. The Morgan fingerprint density at radius 2 is 1.95 bits per heavy atom. The van der Waals surface area contributed by atoms with E-state index < -0.39 is 29.7 Å². The summed E-state index contributed by atoms with van der Waals surface area (Å²) in [6.45, 7) is 2.89. The highest BCUT2D eigenvalue weighted by atomic mass is 19.1. The van der Waals surface area contributed by atoms with Gasteiger partial charge >= 0.3 is 12.0 Å². The number of carboxylic acid groups (broad SMARTS) is 1. The van der Waals surface area contributed by atoms with Gasteiger partial charge < -0.3 is 15.7 Å². The van der Waals surface area contributed by atoms with Gasteiger partial charge in [0.15, 0.2) is 0 Å². The van der Waals surface area contributed by atoms with Gasteiger partial charge in [-0.15, -0.1) is 0 Å². The molecule has 0 radical (unpaired) electrons. The lowest BCUT2D eigenvalue weighted by Crippen LogP contribution is -2.37. The standard InChI is InChI=1S/C12H14F2N2O3/c1-6-3-9(14)10(5-8(6)13)16-12(19)15-7(2)4-11(17)18/h3,5,7H,4H2,1-2H3,(H,17,18)(H2,15,16,19). The number of anilines is 1. The smallest absolute Gasteiger partial charge is 0.319 e. The summed E-state index contributed by atoms with van der Waals surface area (Å²) in [6.07, 6.45) is -0.266. The predicted octanol–water partition coefficient (Wildman–Crippen LogP) is 2.26. The van der Waals surface area contributed by atoms with E-state index in [9.17, 15) is 18.4 Å². The first-order chi connectivity index (χ1) is 8.79. The minimum absolute atomic E-state index is 0.128. The Morgan fingerprint density at radius 3 is 2.53 bits per heavy atom. The van der Waals surface area contributed by atoms with Crippen molar-refractivity contribution in [3.8, 4) is 0 Å². The molecular weight excluding hydrogens is 258 g/mol. The number of carbonyl (C=O) groups is 2. The number of rotatable bonds is 4. The van der Waals surface area contributed by atoms with E-state index in [4.69, 9.17) is 5.11 Å². The molecule has 0 aromatic heterocycles. The number of halogens is 2. The first-order valence-electron chi connectivity index (χ1n) is 5.54. The van der Waals surface area contributed by atoms with Crippen molar-refractivity contribution >= 4 is 17.7 Å². The summed E-state index contributed by atoms with van der Waals surface area (Å²) in [4.78, 5) is 21.9. The molecule has 0 aliphatic rings. The Kier molecular flexibility index (Phi) is 4.80. The molecule has 1 rings (SSSR count). The van der Waals surface area contributed by atoms with Crippen molar-refractivity contribution in [3.63, 3.8) is 0 Å². The van der Waals surface area contributed by atoms with Gasteiger partial charge in [0.05, 0.1) is 12.1 Å². The van der Waals surface area contributed by atoms with E-state index in [2.05, 4.69) is 10.6 Å². The van der Waals surface area contributed by atoms with Gasteiger partial charge in [-0.2, -0.15) is 0 Å². The van der Waals surface area contributed by atoms with Crippen LogP contribution in [0.3, 0.4) is 0 Å². The second kappa shape index (κ2) is 6.12. The molecule has 19 heavy (non-hydrogen) atoms. The number of carbonyl (C=O) groups excluding carboxylic acids is 1. The molecule has 2 amide bonds. The lowest BCUT2D eigenvalue weighted by molar-refractivity contribution is -0.137. The monoisotopic (exact) mass is 272 g/mol. The van der Waals surface area contributed by atoms with Crippen LogP contribution in [0.4, 0.5) is 19.3 Å². The molecule has 0 spiro atoms. The van der Waals surface area contributed by atoms with E-state index in [1.54, 1.807) is 0 Å². The zero-order valence-corrected chi connectivity index (χ0v) is 10.5. The van der Waals surface area contributed by atoms with Gasteiger partial charge in [-0.05, 0) is 25.5 Å². The number of urea groups is 1. The second-order valence-electron chi connectivity index (χ2n) is 4.18. The fraction of sp³-hybridized carbons (Fsp3) is 0.333. The van der Waals surface area contributed by atoms with Gasteiger partial charge in [0, 0.05) is 12.1 Å². The van der Waals surface area contributed by atoms with Crippen LogP contribution in [0, 0.1) is 18.6 Å². The molecule has 0 fully saturated rings. The summed E-state index contributed by atoms with van der Waals surface area (Å²) in [6, 6.07) is 0.407. The molecule has 0 bridgehead atoms. The molecule has 0 heterocycles. The average molecular weight is 272 g/mol. The molecule has 104 valence electrons. The number of hydrogen-bond donors (Lipinski definition) is 3. The van der Waals surface area contributed by atoms with Crippen molar-refractivity contribution in [1.82, 2.24) is 5.32 Å². The van der Waals surface area contributed by atoms with Crippen LogP contribution in [0.5, 0.6) is 0 Å². The van der Waals surface area contributed by atoms with Crippen LogP contribution < -0.4 is 10.6 Å². The molecule has 5 nitrogen and oxygen atoms in total. The number of aryl methyl sites for hydroxylation is 1. The molecule has 0 saturated carbocycles. The minimum Gasteiger partial charge on any atom is -0.481 e. The number of carboxylic acids is 1. The summed E-state index contributed by atoms with van der Waals surface area (Å²) >= 11 is 0. The van der Waals surface area contributed by atoms with Crippen molar-refractivity contribution in [2.45, 2.75) is 26.3 Å². The van der Waals surface area contributed by atoms with Crippen molar-refractivity contribution in [3.05, 3.63) is 29.3 Å². The topological polar surface area (TPSA) is 78.4 Å². The van der Waals surface area contributed by atoms with E-state index in [-0.39, 0.29) is 17.7 Å². The van der Waals surface area contributed by atoms with Gasteiger partial charge in [0.2, 0.25) is 0 Å². The fourth-order valence-electron chi connectivity index (χ4n) is 1.44. The zero-order chi connectivity index (χ0) is 14.6. The van der Waals surface area contributed by atoms with Crippen LogP contribution >= 0.6 is 0 Å². The fourth-order valence-corrected chi connectivity index (χ4v) is 1.44. The van der Waals surface area contributed by atoms with E-state index in [0.29, 0.717) is 0 Å². The Hall–Kier alpha value is -2.18. The maximum atomic E-state index is 13.4. The molecule has 1 aromatic carbocycles. The highest BCUT2D eigenvalue weighted by Gasteiger charge is 2.13. The second-order valence-corrected chi connectivity index (χ2v) is 4.18. The molecule has 3 N–H and O–H groups in total. The third-order valence-electron chi connectivity index (χ3n) is 2.35. The Morgan fingerprint density at radius 1 is 1.32 bits per heavy atom. The summed E-state index contributed by atoms with van der Waals surface area (Å²) in [5, 5.41) is 12.9. The van der Waals surface area contributed by atoms with E-state index in [1.807, 2.05) is 0 Å². The van der Waals surface area contributed by atoms with Gasteiger partial charge in [-0.25, -0.2) is 13.6 Å². The largest absolute Gasteiger partial charge is 0.481 e. The third kappa shape index (κ3) is 4.53. The Labute approximate surface area is 108 Å². The molecule has 0 aliphatic carbocycles. The third-order valence-corrected chi connectivity index (χ3v) is 2.35. The normalized spacial score (nSPS) is 11.8. The van der Waals surface area contributed by atoms with Crippen molar-refractivity contribution in [1.29, 1.82) is 0 Å². The van der Waals surface area contributed by atoms with Crippen molar-refractivity contribution in [2.75, 3.05) is 5.32 Å². The van der Waals surface area contributed by atoms with Crippen LogP contribution in [-0.2, 0) is 4.79 Å². The van der Waals surface area contributed by atoms with Crippen LogP contribution in [0.2, 0.25) is 0 Å². The lowest BCUT2D eigenvalue weighted by Gasteiger charge is -2.13. The van der Waals surface area contributed by atoms with Gasteiger partial charge in [-0.1, -0.05) is 0 Å². The molecule has 1 aromatic rings. The predicted molar refractivity (Wildman–Crippen MR) is 65.0 cm³/mol. The van der Waals surface area contributed by atoms with Crippen molar-refractivity contribution in [2.24, 2.45) is 0 Å². The molecule has 1 unspecified atom stereocenters. The highest BCUT2D eigenvalue weighted by Crippen LogP contribution is 2.18. The van der Waals surface area contributed by atoms with E-state index >= 15 is 0 Å². The first-order valence-corrected chi connectivity index (χ1v) is 5.54. The van der Waals surface area contributed by atoms with Crippen LogP contribution in [0.1, 0.15) is 18.9 Å².